The lowest BCUT2D eigenvalue weighted by Gasteiger charge is -2.08. The molecule has 0 aliphatic carbocycles. The molecule has 0 spiro atoms. The van der Waals surface area contributed by atoms with Crippen molar-refractivity contribution in [2.45, 2.75) is 11.4 Å². The summed E-state index contributed by atoms with van der Waals surface area (Å²) in [4.78, 5) is 25.4. The van der Waals surface area contributed by atoms with Gasteiger partial charge in [0.15, 0.2) is 11.7 Å². The van der Waals surface area contributed by atoms with Gasteiger partial charge < -0.3 is 16.0 Å². The molecule has 1 amide bonds. The first kappa shape index (κ1) is 23.8. The van der Waals surface area contributed by atoms with Crippen molar-refractivity contribution < 1.29 is 9.00 Å². The lowest BCUT2D eigenvalue weighted by atomic mass is 10.1. The summed E-state index contributed by atoms with van der Waals surface area (Å²) in [5.41, 5.74) is 9.97. The summed E-state index contributed by atoms with van der Waals surface area (Å²) in [6.45, 7) is 0.353. The first-order valence-corrected chi connectivity index (χ1v) is 12.0. The Morgan fingerprint density at radius 2 is 1.66 bits per heavy atom. The van der Waals surface area contributed by atoms with Crippen LogP contribution in [0.4, 0.5) is 5.69 Å². The van der Waals surface area contributed by atoms with Crippen LogP contribution in [0.2, 0.25) is 0 Å². The number of hydrogen-bond acceptors (Lipinski definition) is 3. The van der Waals surface area contributed by atoms with Crippen molar-refractivity contribution in [3.05, 3.63) is 108 Å². The number of amides is 1. The zero-order chi connectivity index (χ0) is 24.6. The van der Waals surface area contributed by atoms with Crippen LogP contribution < -0.4 is 16.2 Å². The topological polar surface area (TPSA) is 139 Å². The molecule has 0 aliphatic heterocycles. The standard InChI is InChI=1S/C26H24N6O2S/c27-24(26(33)31-20-12-7-13-21(16-20)35(28)34)32-25(30-17-18-8-3-1-4-9-18)23-22(14-15-29-23)19-10-5-2-6-11-19/h1-16,29H,17,28H2,(H,31,33)(H2,27,30,32). The molecule has 0 radical (unpaired) electrons. The summed E-state index contributed by atoms with van der Waals surface area (Å²) < 4.78 is 11.5. The maximum atomic E-state index is 12.8. The zero-order valence-corrected chi connectivity index (χ0v) is 19.5. The summed E-state index contributed by atoms with van der Waals surface area (Å²) in [6.07, 6.45) is 1.79. The Hall–Kier alpha value is -4.34. The highest BCUT2D eigenvalue weighted by molar-refractivity contribution is 7.82. The maximum Gasteiger partial charge on any atom is 0.290 e. The van der Waals surface area contributed by atoms with Crippen LogP contribution in [0.15, 0.2) is 112 Å². The molecule has 1 unspecified atom stereocenters. The highest BCUT2D eigenvalue weighted by Crippen LogP contribution is 2.24. The normalized spacial score (nSPS) is 12.8. The number of nitrogens with zero attached hydrogens (tertiary/aromatic N) is 2. The van der Waals surface area contributed by atoms with E-state index in [-0.39, 0.29) is 5.84 Å². The van der Waals surface area contributed by atoms with Gasteiger partial charge in [-0.3, -0.25) is 9.79 Å². The second-order valence-electron chi connectivity index (χ2n) is 7.53. The molecule has 3 aromatic carbocycles. The van der Waals surface area contributed by atoms with Crippen LogP contribution >= 0.6 is 0 Å². The van der Waals surface area contributed by atoms with Crippen LogP contribution in [0.1, 0.15) is 11.3 Å². The number of H-pyrrole nitrogens is 1. The highest BCUT2D eigenvalue weighted by Gasteiger charge is 2.16. The quantitative estimate of drug-likeness (QED) is 0.246. The Morgan fingerprint density at radius 3 is 2.37 bits per heavy atom. The molecule has 0 saturated heterocycles. The smallest absolute Gasteiger partial charge is 0.290 e. The Kier molecular flexibility index (Phi) is 7.61. The molecular weight excluding hydrogens is 460 g/mol. The molecule has 176 valence electrons. The number of hydrogen-bond donors (Lipinski definition) is 4. The molecule has 4 aromatic rings. The molecule has 4 rings (SSSR count). The highest BCUT2D eigenvalue weighted by atomic mass is 32.2. The van der Waals surface area contributed by atoms with E-state index in [1.165, 1.54) is 6.07 Å². The number of amidine groups is 2. The van der Waals surface area contributed by atoms with E-state index in [1.54, 1.807) is 24.4 Å². The number of carbonyl (C=O) groups excluding carboxylic acids is 1. The third kappa shape index (κ3) is 6.17. The van der Waals surface area contributed by atoms with Gasteiger partial charge in [0.2, 0.25) is 0 Å². The van der Waals surface area contributed by atoms with E-state index < -0.39 is 16.9 Å². The Bertz CT molecular complexity index is 1400. The number of carbonyl (C=O) groups is 1. The summed E-state index contributed by atoms with van der Waals surface area (Å²) in [7, 11) is -1.67. The first-order valence-electron chi connectivity index (χ1n) is 10.7. The van der Waals surface area contributed by atoms with E-state index in [0.29, 0.717) is 28.7 Å². The van der Waals surface area contributed by atoms with Gasteiger partial charge >= 0.3 is 0 Å². The molecule has 1 heterocycles. The molecular formula is C26H24N6O2S. The minimum atomic E-state index is -1.67. The van der Waals surface area contributed by atoms with Gasteiger partial charge in [-0.1, -0.05) is 66.7 Å². The number of aromatic amines is 1. The van der Waals surface area contributed by atoms with Crippen LogP contribution in [0, 0.1) is 0 Å². The number of rotatable bonds is 6. The van der Waals surface area contributed by atoms with Crippen molar-refractivity contribution >= 4 is 34.3 Å². The third-order valence-corrected chi connectivity index (χ3v) is 5.81. The second kappa shape index (κ2) is 11.2. The molecule has 1 atom stereocenters. The summed E-state index contributed by atoms with van der Waals surface area (Å²) in [5.74, 6) is -0.600. The molecule has 35 heavy (non-hydrogen) atoms. The van der Waals surface area contributed by atoms with E-state index in [1.807, 2.05) is 66.7 Å². The molecule has 0 bridgehead atoms. The van der Waals surface area contributed by atoms with Crippen LogP contribution in [0.5, 0.6) is 0 Å². The number of anilines is 1. The van der Waals surface area contributed by atoms with Gasteiger partial charge in [-0.25, -0.2) is 14.3 Å². The van der Waals surface area contributed by atoms with Crippen LogP contribution in [-0.2, 0) is 22.3 Å². The number of aromatic nitrogens is 1. The van der Waals surface area contributed by atoms with E-state index in [0.717, 1.165) is 16.7 Å². The van der Waals surface area contributed by atoms with Crippen molar-refractivity contribution in [1.82, 2.24) is 4.98 Å². The van der Waals surface area contributed by atoms with Gasteiger partial charge in [0.1, 0.15) is 11.0 Å². The van der Waals surface area contributed by atoms with Crippen molar-refractivity contribution in [1.29, 1.82) is 0 Å². The predicted molar refractivity (Wildman–Crippen MR) is 140 cm³/mol. The zero-order valence-electron chi connectivity index (χ0n) is 18.7. The van der Waals surface area contributed by atoms with Crippen molar-refractivity contribution in [3.63, 3.8) is 0 Å². The van der Waals surface area contributed by atoms with Gasteiger partial charge in [0, 0.05) is 17.4 Å². The Morgan fingerprint density at radius 1 is 0.943 bits per heavy atom. The number of aliphatic imine (C=N–C) groups is 2. The van der Waals surface area contributed by atoms with Gasteiger partial charge in [-0.15, -0.1) is 0 Å². The monoisotopic (exact) mass is 484 g/mol. The van der Waals surface area contributed by atoms with Crippen molar-refractivity contribution in [3.8, 4) is 11.1 Å². The van der Waals surface area contributed by atoms with Gasteiger partial charge in [-0.05, 0) is 35.4 Å². The molecule has 9 heteroatoms. The van der Waals surface area contributed by atoms with Crippen LogP contribution in [0.25, 0.3) is 11.1 Å². The molecule has 0 saturated carbocycles. The average molecular weight is 485 g/mol. The lowest BCUT2D eigenvalue weighted by Crippen LogP contribution is -2.31. The largest absolute Gasteiger partial charge is 0.379 e. The number of nitrogens with one attached hydrogen (secondary N) is 2. The van der Waals surface area contributed by atoms with Gasteiger partial charge in [0.05, 0.1) is 17.1 Å². The fourth-order valence-electron chi connectivity index (χ4n) is 3.39. The van der Waals surface area contributed by atoms with E-state index >= 15 is 0 Å². The number of benzene rings is 3. The first-order chi connectivity index (χ1) is 17.0. The molecule has 0 aliphatic rings. The SMILES string of the molecule is NC(=NC(=NCc1ccccc1)c1[nH]ccc1-c1ccccc1)C(=O)Nc1cccc(S(N)=O)c1. The van der Waals surface area contributed by atoms with Gasteiger partial charge in [0.25, 0.3) is 5.91 Å². The van der Waals surface area contributed by atoms with Crippen molar-refractivity contribution in [2.75, 3.05) is 5.32 Å². The molecule has 8 nitrogen and oxygen atoms in total. The minimum absolute atomic E-state index is 0.273. The van der Waals surface area contributed by atoms with E-state index in [4.69, 9.17) is 10.9 Å². The Labute approximate surface area is 205 Å². The second-order valence-corrected chi connectivity index (χ2v) is 8.60. The fourth-order valence-corrected chi connectivity index (χ4v) is 3.85. The van der Waals surface area contributed by atoms with Crippen LogP contribution in [0.3, 0.4) is 0 Å². The third-order valence-electron chi connectivity index (χ3n) is 5.09. The summed E-state index contributed by atoms with van der Waals surface area (Å²) in [6, 6.07) is 27.8. The minimum Gasteiger partial charge on any atom is -0.379 e. The number of nitrogens with two attached hydrogens (primary N) is 2. The molecule has 0 fully saturated rings. The Balaban J connectivity index is 1.66. The van der Waals surface area contributed by atoms with E-state index in [9.17, 15) is 9.00 Å². The lowest BCUT2D eigenvalue weighted by molar-refractivity contribution is -0.110. The van der Waals surface area contributed by atoms with Gasteiger partial charge in [-0.2, -0.15) is 0 Å². The van der Waals surface area contributed by atoms with E-state index in [2.05, 4.69) is 20.3 Å². The van der Waals surface area contributed by atoms with Crippen LogP contribution in [-0.4, -0.2) is 26.8 Å². The van der Waals surface area contributed by atoms with Crippen molar-refractivity contribution in [2.24, 2.45) is 20.9 Å². The summed E-state index contributed by atoms with van der Waals surface area (Å²) >= 11 is 0. The fraction of sp³-hybridized carbons (Fsp3) is 0.0385. The molecule has 6 N–H and O–H groups in total. The maximum absolute atomic E-state index is 12.8. The molecule has 1 aromatic heterocycles. The predicted octanol–water partition coefficient (Wildman–Crippen LogP) is 3.61. The summed E-state index contributed by atoms with van der Waals surface area (Å²) in [5, 5.41) is 8.09. The average Bonchev–Trinajstić information content (AvgIpc) is 3.37.